The van der Waals surface area contributed by atoms with Crippen molar-refractivity contribution in [3.8, 4) is 11.5 Å². The second kappa shape index (κ2) is 15.6. The molecule has 0 bridgehead atoms. The van der Waals surface area contributed by atoms with Crippen LogP contribution in [0.2, 0.25) is 0 Å². The number of allylic oxidation sites excluding steroid dienone is 1. The van der Waals surface area contributed by atoms with Gasteiger partial charge in [-0.2, -0.15) is 22.0 Å². The molecule has 1 aliphatic heterocycles. The Balaban J connectivity index is 0.000000355. The van der Waals surface area contributed by atoms with Crippen LogP contribution in [0.15, 0.2) is 72.4 Å². The number of nitrogens with zero attached hydrogens (tertiary/aromatic N) is 1. The first-order valence-corrected chi connectivity index (χ1v) is 13.4. The number of hydrogen-bond acceptors (Lipinski definition) is 7. The first-order chi connectivity index (χ1) is 21.3. The minimum absolute atomic E-state index is 0.0752. The summed E-state index contributed by atoms with van der Waals surface area (Å²) in [4.78, 5) is 25.4. The van der Waals surface area contributed by atoms with Crippen LogP contribution in [-0.4, -0.2) is 50.1 Å². The van der Waals surface area contributed by atoms with E-state index in [0.29, 0.717) is 48.2 Å². The van der Waals surface area contributed by atoms with E-state index in [1.807, 2.05) is 17.0 Å². The maximum Gasteiger partial charge on any atom is 0.419 e. The van der Waals surface area contributed by atoms with Crippen molar-refractivity contribution >= 4 is 23.6 Å². The van der Waals surface area contributed by atoms with Crippen LogP contribution in [0, 0.1) is 11.2 Å². The van der Waals surface area contributed by atoms with Gasteiger partial charge in [0.15, 0.2) is 17.8 Å². The molecule has 1 aliphatic rings. The van der Waals surface area contributed by atoms with Crippen molar-refractivity contribution in [3.05, 3.63) is 101 Å². The molecule has 0 aliphatic carbocycles. The van der Waals surface area contributed by atoms with Crippen LogP contribution in [0.1, 0.15) is 33.5 Å². The van der Waals surface area contributed by atoms with E-state index in [9.17, 15) is 35.9 Å². The van der Waals surface area contributed by atoms with Gasteiger partial charge in [-0.1, -0.05) is 18.2 Å². The van der Waals surface area contributed by atoms with E-state index < -0.39 is 24.2 Å². The van der Waals surface area contributed by atoms with Gasteiger partial charge in [0.05, 0.1) is 18.2 Å². The lowest BCUT2D eigenvalue weighted by atomic mass is 10.1. The fraction of sp³-hybridized carbons (Fsp3) is 0.258. The van der Waals surface area contributed by atoms with E-state index >= 15 is 0 Å². The predicted octanol–water partition coefficient (Wildman–Crippen LogP) is 6.42. The summed E-state index contributed by atoms with van der Waals surface area (Å²) in [6.07, 6.45) is -1.75. The summed E-state index contributed by atoms with van der Waals surface area (Å²) < 4.78 is 83.2. The Morgan fingerprint density at radius 1 is 1.04 bits per heavy atom. The molecule has 0 fully saturated rings. The number of halogens is 6. The molecule has 8 nitrogen and oxygen atoms in total. The highest BCUT2D eigenvalue weighted by Gasteiger charge is 2.34. The Kier molecular flexibility index (Phi) is 12.0. The summed E-state index contributed by atoms with van der Waals surface area (Å²) in [6.45, 7) is -1.54. The van der Waals surface area contributed by atoms with Gasteiger partial charge in [-0.3, -0.25) is 9.59 Å². The van der Waals surface area contributed by atoms with Crippen molar-refractivity contribution in [2.45, 2.75) is 32.3 Å². The zero-order valence-corrected chi connectivity index (χ0v) is 24.2. The summed E-state index contributed by atoms with van der Waals surface area (Å²) in [5.74, 6) is -1.46. The van der Waals surface area contributed by atoms with Crippen LogP contribution in [-0.2, 0) is 24.1 Å². The SMILES string of the molecule is CNc1ccc(F)c(C(F)(F)F)c1.COc1cc(CNC(=O)c2ccc(CN3C=C(C=O)C(=N)CC3)cc2)ccc1OC(F)F. The number of carbonyl (C=O) groups excluding carboxylic acids is 2. The molecule has 3 aromatic rings. The molecule has 14 heteroatoms. The van der Waals surface area contributed by atoms with Crippen molar-refractivity contribution < 1.29 is 45.4 Å². The summed E-state index contributed by atoms with van der Waals surface area (Å²) in [5.41, 5.74) is 1.82. The van der Waals surface area contributed by atoms with Gasteiger partial charge < -0.3 is 30.4 Å². The summed E-state index contributed by atoms with van der Waals surface area (Å²) in [7, 11) is 2.81. The zero-order chi connectivity index (χ0) is 33.1. The second-order valence-electron chi connectivity index (χ2n) is 9.59. The van der Waals surface area contributed by atoms with E-state index in [4.69, 9.17) is 10.1 Å². The van der Waals surface area contributed by atoms with Crippen molar-refractivity contribution in [3.63, 3.8) is 0 Å². The molecule has 1 amide bonds. The van der Waals surface area contributed by atoms with Gasteiger partial charge in [-0.05, 0) is 53.6 Å². The lowest BCUT2D eigenvalue weighted by molar-refractivity contribution is -0.139. The van der Waals surface area contributed by atoms with Gasteiger partial charge in [0, 0.05) is 56.3 Å². The molecule has 45 heavy (non-hydrogen) atoms. The Morgan fingerprint density at radius 3 is 2.33 bits per heavy atom. The first kappa shape index (κ1) is 34.5. The lowest BCUT2D eigenvalue weighted by Gasteiger charge is -2.25. The lowest BCUT2D eigenvalue weighted by Crippen LogP contribution is -2.27. The number of rotatable bonds is 10. The maximum absolute atomic E-state index is 12.7. The van der Waals surface area contributed by atoms with Crippen LogP contribution in [0.25, 0.3) is 0 Å². The van der Waals surface area contributed by atoms with Crippen LogP contribution in [0.3, 0.4) is 0 Å². The van der Waals surface area contributed by atoms with Crippen LogP contribution in [0.5, 0.6) is 11.5 Å². The minimum Gasteiger partial charge on any atom is -0.493 e. The maximum atomic E-state index is 12.7. The van der Waals surface area contributed by atoms with Gasteiger partial charge in [0.2, 0.25) is 0 Å². The second-order valence-corrected chi connectivity index (χ2v) is 9.59. The van der Waals surface area contributed by atoms with E-state index in [-0.39, 0.29) is 29.6 Å². The molecule has 1 heterocycles. The molecule has 240 valence electrons. The largest absolute Gasteiger partial charge is 0.493 e. The number of aldehydes is 1. The van der Waals surface area contributed by atoms with Crippen molar-refractivity contribution in [1.29, 1.82) is 5.41 Å². The number of amides is 1. The number of benzene rings is 3. The molecule has 0 unspecified atom stereocenters. The summed E-state index contributed by atoms with van der Waals surface area (Å²) in [6, 6.07) is 14.3. The third-order valence-corrected chi connectivity index (χ3v) is 6.51. The topological polar surface area (TPSA) is 104 Å². The Hall–Kier alpha value is -5.01. The van der Waals surface area contributed by atoms with Crippen LogP contribution in [0.4, 0.5) is 32.0 Å². The molecule has 4 rings (SSSR count). The number of carbonyl (C=O) groups is 2. The van der Waals surface area contributed by atoms with Gasteiger partial charge >= 0.3 is 12.8 Å². The number of nitrogens with one attached hydrogen (secondary N) is 3. The fourth-order valence-electron chi connectivity index (χ4n) is 4.16. The van der Waals surface area contributed by atoms with E-state index in [1.54, 1.807) is 24.4 Å². The molecule has 0 radical (unpaired) electrons. The van der Waals surface area contributed by atoms with Crippen LogP contribution < -0.4 is 20.1 Å². The normalized spacial score (nSPS) is 13.0. The Labute approximate surface area is 255 Å². The molecule has 0 spiro atoms. The smallest absolute Gasteiger partial charge is 0.419 e. The van der Waals surface area contributed by atoms with Gasteiger partial charge in [0.1, 0.15) is 5.82 Å². The highest BCUT2D eigenvalue weighted by molar-refractivity contribution is 6.13. The summed E-state index contributed by atoms with van der Waals surface area (Å²) in [5, 5.41) is 13.0. The Bertz CT molecular complexity index is 1530. The van der Waals surface area contributed by atoms with Crippen molar-refractivity contribution in [2.24, 2.45) is 0 Å². The molecule has 0 saturated heterocycles. The van der Waals surface area contributed by atoms with Gasteiger partial charge in [0.25, 0.3) is 5.91 Å². The zero-order valence-electron chi connectivity index (χ0n) is 24.2. The highest BCUT2D eigenvalue weighted by atomic mass is 19.4. The number of alkyl halides is 5. The molecule has 0 aromatic heterocycles. The molecular weight excluding hydrogens is 606 g/mol. The monoisotopic (exact) mass is 636 g/mol. The average molecular weight is 637 g/mol. The number of hydrogen-bond donors (Lipinski definition) is 3. The van der Waals surface area contributed by atoms with Crippen LogP contribution >= 0.6 is 0 Å². The third kappa shape index (κ3) is 10.0. The minimum atomic E-state index is -4.64. The average Bonchev–Trinajstić information content (AvgIpc) is 3.01. The molecular formula is C31H30F6N4O4. The summed E-state index contributed by atoms with van der Waals surface area (Å²) >= 11 is 0. The number of anilines is 1. The number of ether oxygens (including phenoxy) is 2. The van der Waals surface area contributed by atoms with E-state index in [2.05, 4.69) is 15.4 Å². The van der Waals surface area contributed by atoms with E-state index in [1.165, 1.54) is 32.4 Å². The van der Waals surface area contributed by atoms with Crippen molar-refractivity contribution in [1.82, 2.24) is 10.2 Å². The molecule has 3 aromatic carbocycles. The molecule has 0 atom stereocenters. The Morgan fingerprint density at radius 2 is 1.73 bits per heavy atom. The van der Waals surface area contributed by atoms with Gasteiger partial charge in [-0.15, -0.1) is 0 Å². The molecule has 0 saturated carbocycles. The fourth-order valence-corrected chi connectivity index (χ4v) is 4.16. The van der Waals surface area contributed by atoms with Gasteiger partial charge in [-0.25, -0.2) is 4.39 Å². The third-order valence-electron chi connectivity index (χ3n) is 6.51. The first-order valence-electron chi connectivity index (χ1n) is 13.4. The predicted molar refractivity (Wildman–Crippen MR) is 155 cm³/mol. The quantitative estimate of drug-likeness (QED) is 0.175. The van der Waals surface area contributed by atoms with Crippen molar-refractivity contribution in [2.75, 3.05) is 26.0 Å². The standard InChI is InChI=1S/C23H23F2N3O4.C8H7F4N/c1-31-21-10-16(4-7-20(21)32-23(24)25)11-27-22(30)17-5-2-15(3-6-17)12-28-9-8-19(26)18(13-28)14-29;1-13-5-2-3-7(9)6(4-5)8(10,11)12/h2-7,10,13-14,23,26H,8-9,11-12H2,1H3,(H,27,30);2-4,13H,1H3. The highest BCUT2D eigenvalue weighted by Crippen LogP contribution is 2.33. The van der Waals surface area contributed by atoms with E-state index in [0.717, 1.165) is 17.7 Å². The number of methoxy groups -OCH3 is 1. The molecule has 3 N–H and O–H groups in total.